The Kier molecular flexibility index (Phi) is 2.84. The molecule has 1 aromatic rings. The summed E-state index contributed by atoms with van der Waals surface area (Å²) in [5, 5.41) is 9.85. The van der Waals surface area contributed by atoms with Crippen LogP contribution in [0.25, 0.3) is 0 Å². The number of rotatable bonds is 5. The van der Waals surface area contributed by atoms with Crippen LogP contribution < -0.4 is 5.32 Å². The fourth-order valence-corrected chi connectivity index (χ4v) is 2.59. The molecule has 0 saturated heterocycles. The number of carbonyl (C=O) groups is 1. The van der Waals surface area contributed by atoms with Crippen LogP contribution in [-0.2, 0) is 0 Å². The largest absolute Gasteiger partial charge is 0.349 e. The van der Waals surface area contributed by atoms with Gasteiger partial charge in [-0.05, 0) is 37.5 Å². The molecule has 0 bridgehead atoms. The molecule has 0 aromatic carbocycles. The number of H-pyrrole nitrogens is 1. The fraction of sp³-hybridized carbons (Fsp3) is 0.769. The topological polar surface area (TPSA) is 70.7 Å². The zero-order valence-corrected chi connectivity index (χ0v) is 10.8. The molecule has 5 nitrogen and oxygen atoms in total. The second-order valence-electron chi connectivity index (χ2n) is 5.71. The van der Waals surface area contributed by atoms with E-state index in [0.717, 1.165) is 31.6 Å². The molecule has 0 aliphatic heterocycles. The molecule has 1 heterocycles. The number of aromatic nitrogens is 3. The van der Waals surface area contributed by atoms with Crippen LogP contribution in [0.3, 0.4) is 0 Å². The summed E-state index contributed by atoms with van der Waals surface area (Å²) >= 11 is 0. The van der Waals surface area contributed by atoms with Gasteiger partial charge in [-0.15, -0.1) is 5.10 Å². The third-order valence-corrected chi connectivity index (χ3v) is 4.46. The van der Waals surface area contributed by atoms with Crippen LogP contribution in [0.1, 0.15) is 67.8 Å². The van der Waals surface area contributed by atoms with Gasteiger partial charge in [0.15, 0.2) is 0 Å². The fourth-order valence-electron chi connectivity index (χ4n) is 2.59. The Hall–Kier alpha value is -1.39. The zero-order chi connectivity index (χ0) is 12.6. The highest BCUT2D eigenvalue weighted by Crippen LogP contribution is 2.43. The highest BCUT2D eigenvalue weighted by molar-refractivity contribution is 5.90. The van der Waals surface area contributed by atoms with Crippen molar-refractivity contribution >= 4 is 5.91 Å². The standard InChI is InChI=1S/C13H20N4O/c1-2-13(6-3-7-13)8-14-12(18)11-15-10(16-17-11)9-4-5-9/h9H,2-8H2,1H3,(H,14,18)(H,15,16,17). The average Bonchev–Trinajstić information content (AvgIpc) is 3.06. The van der Waals surface area contributed by atoms with Crippen LogP contribution in [0.2, 0.25) is 0 Å². The Balaban J connectivity index is 1.56. The Morgan fingerprint density at radius 2 is 2.28 bits per heavy atom. The minimum Gasteiger partial charge on any atom is -0.349 e. The number of carbonyl (C=O) groups excluding carboxylic acids is 1. The summed E-state index contributed by atoms with van der Waals surface area (Å²) in [6, 6.07) is 0. The minimum atomic E-state index is -0.141. The molecule has 98 valence electrons. The summed E-state index contributed by atoms with van der Waals surface area (Å²) in [5.74, 6) is 1.53. The third-order valence-electron chi connectivity index (χ3n) is 4.46. The Labute approximate surface area is 107 Å². The van der Waals surface area contributed by atoms with Crippen molar-refractivity contribution in [2.24, 2.45) is 5.41 Å². The van der Waals surface area contributed by atoms with Crippen LogP contribution >= 0.6 is 0 Å². The van der Waals surface area contributed by atoms with Gasteiger partial charge in [0.05, 0.1) is 0 Å². The van der Waals surface area contributed by atoms with Gasteiger partial charge in [0.1, 0.15) is 5.82 Å². The normalized spacial score (nSPS) is 21.4. The Bertz CT molecular complexity index is 440. The van der Waals surface area contributed by atoms with E-state index in [9.17, 15) is 4.79 Å². The number of nitrogens with one attached hydrogen (secondary N) is 2. The van der Waals surface area contributed by atoms with Gasteiger partial charge in [-0.3, -0.25) is 9.89 Å². The predicted molar refractivity (Wildman–Crippen MR) is 67.3 cm³/mol. The molecule has 2 fully saturated rings. The van der Waals surface area contributed by atoms with Crippen molar-refractivity contribution < 1.29 is 4.79 Å². The summed E-state index contributed by atoms with van der Waals surface area (Å²) in [6.45, 7) is 2.96. The molecular formula is C13H20N4O. The van der Waals surface area contributed by atoms with Crippen molar-refractivity contribution in [3.05, 3.63) is 11.6 Å². The number of aromatic amines is 1. The van der Waals surface area contributed by atoms with Crippen LogP contribution in [-0.4, -0.2) is 27.6 Å². The van der Waals surface area contributed by atoms with Crippen molar-refractivity contribution in [2.45, 2.75) is 51.4 Å². The maximum absolute atomic E-state index is 11.9. The van der Waals surface area contributed by atoms with Crippen molar-refractivity contribution in [3.63, 3.8) is 0 Å². The molecule has 1 amide bonds. The van der Waals surface area contributed by atoms with E-state index in [1.54, 1.807) is 0 Å². The average molecular weight is 248 g/mol. The van der Waals surface area contributed by atoms with Crippen molar-refractivity contribution in [1.82, 2.24) is 20.5 Å². The van der Waals surface area contributed by atoms with Crippen molar-refractivity contribution in [3.8, 4) is 0 Å². The molecule has 3 rings (SSSR count). The van der Waals surface area contributed by atoms with Gasteiger partial charge in [-0.25, -0.2) is 4.98 Å². The molecule has 0 atom stereocenters. The maximum Gasteiger partial charge on any atom is 0.290 e. The number of amides is 1. The van der Waals surface area contributed by atoms with Gasteiger partial charge >= 0.3 is 0 Å². The van der Waals surface area contributed by atoms with Gasteiger partial charge in [-0.2, -0.15) is 0 Å². The van der Waals surface area contributed by atoms with E-state index >= 15 is 0 Å². The van der Waals surface area contributed by atoms with E-state index in [0.29, 0.717) is 17.2 Å². The van der Waals surface area contributed by atoms with Gasteiger partial charge in [0, 0.05) is 12.5 Å². The minimum absolute atomic E-state index is 0.141. The van der Waals surface area contributed by atoms with E-state index in [2.05, 4.69) is 27.4 Å². The highest BCUT2D eigenvalue weighted by atomic mass is 16.2. The van der Waals surface area contributed by atoms with E-state index in [1.165, 1.54) is 19.3 Å². The molecule has 0 radical (unpaired) electrons. The second-order valence-corrected chi connectivity index (χ2v) is 5.71. The highest BCUT2D eigenvalue weighted by Gasteiger charge is 2.35. The lowest BCUT2D eigenvalue weighted by Gasteiger charge is -2.41. The maximum atomic E-state index is 11.9. The quantitative estimate of drug-likeness (QED) is 0.837. The summed E-state index contributed by atoms with van der Waals surface area (Å²) in [5.41, 5.74) is 0.339. The summed E-state index contributed by atoms with van der Waals surface area (Å²) in [6.07, 6.45) is 7.20. The summed E-state index contributed by atoms with van der Waals surface area (Å²) in [4.78, 5) is 16.2. The van der Waals surface area contributed by atoms with Crippen LogP contribution in [0, 0.1) is 5.41 Å². The first-order valence-corrected chi connectivity index (χ1v) is 6.93. The van der Waals surface area contributed by atoms with E-state index in [4.69, 9.17) is 0 Å². The van der Waals surface area contributed by atoms with Crippen LogP contribution in [0.15, 0.2) is 0 Å². The monoisotopic (exact) mass is 248 g/mol. The lowest BCUT2D eigenvalue weighted by molar-refractivity contribution is 0.0841. The van der Waals surface area contributed by atoms with Gasteiger partial charge < -0.3 is 5.32 Å². The lowest BCUT2D eigenvalue weighted by Crippen LogP contribution is -2.41. The molecule has 0 unspecified atom stereocenters. The molecule has 18 heavy (non-hydrogen) atoms. The molecular weight excluding hydrogens is 228 g/mol. The molecule has 2 aliphatic rings. The smallest absolute Gasteiger partial charge is 0.290 e. The van der Waals surface area contributed by atoms with Gasteiger partial charge in [0.25, 0.3) is 5.91 Å². The van der Waals surface area contributed by atoms with Crippen LogP contribution in [0.4, 0.5) is 0 Å². The first kappa shape index (κ1) is 11.7. The van der Waals surface area contributed by atoms with E-state index in [1.807, 2.05) is 0 Å². The van der Waals surface area contributed by atoms with E-state index in [-0.39, 0.29) is 5.91 Å². The van der Waals surface area contributed by atoms with Crippen LogP contribution in [0.5, 0.6) is 0 Å². The van der Waals surface area contributed by atoms with Gasteiger partial charge in [-0.1, -0.05) is 13.3 Å². The summed E-state index contributed by atoms with van der Waals surface area (Å²) in [7, 11) is 0. The molecule has 2 N–H and O–H groups in total. The zero-order valence-electron chi connectivity index (χ0n) is 10.8. The number of hydrogen-bond donors (Lipinski definition) is 2. The van der Waals surface area contributed by atoms with Crippen molar-refractivity contribution in [1.29, 1.82) is 0 Å². The molecule has 0 spiro atoms. The first-order chi connectivity index (χ1) is 8.72. The lowest BCUT2D eigenvalue weighted by atomic mass is 9.67. The SMILES string of the molecule is CCC1(CNC(=O)c2n[nH]c(C3CC3)n2)CCC1. The molecule has 2 aliphatic carbocycles. The van der Waals surface area contributed by atoms with E-state index < -0.39 is 0 Å². The third kappa shape index (κ3) is 2.13. The summed E-state index contributed by atoms with van der Waals surface area (Å²) < 4.78 is 0. The molecule has 5 heteroatoms. The number of hydrogen-bond acceptors (Lipinski definition) is 3. The predicted octanol–water partition coefficient (Wildman–Crippen LogP) is 1.99. The Morgan fingerprint density at radius 3 is 2.83 bits per heavy atom. The molecule has 2 saturated carbocycles. The second kappa shape index (κ2) is 4.37. The van der Waals surface area contributed by atoms with Crippen molar-refractivity contribution in [2.75, 3.05) is 6.54 Å². The Morgan fingerprint density at radius 1 is 1.50 bits per heavy atom. The molecule has 1 aromatic heterocycles. The first-order valence-electron chi connectivity index (χ1n) is 6.93. The van der Waals surface area contributed by atoms with Gasteiger partial charge in [0.2, 0.25) is 5.82 Å². The number of nitrogens with zero attached hydrogens (tertiary/aromatic N) is 2.